The number of allylic oxidation sites excluding steroid dienone is 1. The highest BCUT2D eigenvalue weighted by molar-refractivity contribution is 4.81. The highest BCUT2D eigenvalue weighted by atomic mass is 14.8. The van der Waals surface area contributed by atoms with E-state index in [9.17, 15) is 0 Å². The summed E-state index contributed by atoms with van der Waals surface area (Å²) in [4.78, 5) is 0. The SMILES string of the molecule is CC=C=CCCCNCCC. The van der Waals surface area contributed by atoms with Gasteiger partial charge in [-0.15, -0.1) is 5.73 Å². The Morgan fingerprint density at radius 2 is 2.18 bits per heavy atom. The first kappa shape index (κ1) is 10.5. The van der Waals surface area contributed by atoms with Crippen molar-refractivity contribution in [3.63, 3.8) is 0 Å². The van der Waals surface area contributed by atoms with Gasteiger partial charge < -0.3 is 5.32 Å². The van der Waals surface area contributed by atoms with Crippen LogP contribution in [0.2, 0.25) is 0 Å². The third-order valence-corrected chi connectivity index (χ3v) is 1.41. The highest BCUT2D eigenvalue weighted by Gasteiger charge is 1.82. The van der Waals surface area contributed by atoms with E-state index in [1.165, 1.54) is 12.8 Å². The van der Waals surface area contributed by atoms with Crippen LogP contribution in [0.1, 0.15) is 33.1 Å². The van der Waals surface area contributed by atoms with Crippen LogP contribution >= 0.6 is 0 Å². The number of hydrogen-bond acceptors (Lipinski definition) is 1. The van der Waals surface area contributed by atoms with Crippen molar-refractivity contribution in [1.29, 1.82) is 0 Å². The normalized spacial score (nSPS) is 8.91. The van der Waals surface area contributed by atoms with E-state index in [0.29, 0.717) is 0 Å². The lowest BCUT2D eigenvalue weighted by Crippen LogP contribution is -2.15. The highest BCUT2D eigenvalue weighted by Crippen LogP contribution is 1.87. The van der Waals surface area contributed by atoms with Gasteiger partial charge in [-0.1, -0.05) is 6.92 Å². The van der Waals surface area contributed by atoms with Crippen molar-refractivity contribution in [2.75, 3.05) is 13.1 Å². The molecule has 0 rings (SSSR count). The van der Waals surface area contributed by atoms with Gasteiger partial charge in [-0.2, -0.15) is 0 Å². The Bertz CT molecular complexity index is 121. The molecule has 0 saturated heterocycles. The predicted molar refractivity (Wildman–Crippen MR) is 50.7 cm³/mol. The van der Waals surface area contributed by atoms with Gasteiger partial charge in [0.05, 0.1) is 0 Å². The molecule has 0 fully saturated rings. The van der Waals surface area contributed by atoms with Gasteiger partial charge in [0.1, 0.15) is 0 Å². The molecule has 0 aliphatic carbocycles. The van der Waals surface area contributed by atoms with Gasteiger partial charge in [0.2, 0.25) is 0 Å². The Hall–Kier alpha value is -0.520. The number of unbranched alkanes of at least 4 members (excludes halogenated alkanes) is 1. The van der Waals surface area contributed by atoms with Crippen LogP contribution in [0.4, 0.5) is 0 Å². The lowest BCUT2D eigenvalue weighted by Gasteiger charge is -1.98. The minimum atomic E-state index is 1.13. The van der Waals surface area contributed by atoms with E-state index in [2.05, 4.69) is 24.0 Å². The maximum Gasteiger partial charge on any atom is -0.00457 e. The van der Waals surface area contributed by atoms with Crippen LogP contribution in [-0.2, 0) is 0 Å². The van der Waals surface area contributed by atoms with E-state index < -0.39 is 0 Å². The number of hydrogen-bond donors (Lipinski definition) is 1. The van der Waals surface area contributed by atoms with Gasteiger partial charge in [-0.25, -0.2) is 0 Å². The third-order valence-electron chi connectivity index (χ3n) is 1.41. The molecule has 0 aromatic carbocycles. The molecule has 1 heteroatoms. The first-order valence-corrected chi connectivity index (χ1v) is 4.48. The van der Waals surface area contributed by atoms with Gasteiger partial charge in [-0.3, -0.25) is 0 Å². The zero-order valence-corrected chi connectivity index (χ0v) is 7.69. The summed E-state index contributed by atoms with van der Waals surface area (Å²) in [5.74, 6) is 0. The lowest BCUT2D eigenvalue weighted by molar-refractivity contribution is 0.645. The average Bonchev–Trinajstić information content (AvgIpc) is 2.03. The summed E-state index contributed by atoms with van der Waals surface area (Å²) < 4.78 is 0. The largest absolute Gasteiger partial charge is 0.317 e. The molecule has 1 N–H and O–H groups in total. The third kappa shape index (κ3) is 9.48. The van der Waals surface area contributed by atoms with Crippen molar-refractivity contribution >= 4 is 0 Å². The molecule has 64 valence electrons. The van der Waals surface area contributed by atoms with Crippen molar-refractivity contribution in [2.24, 2.45) is 0 Å². The summed E-state index contributed by atoms with van der Waals surface area (Å²) in [6, 6.07) is 0. The summed E-state index contributed by atoms with van der Waals surface area (Å²) >= 11 is 0. The Balaban J connectivity index is 2.96. The second-order valence-electron chi connectivity index (χ2n) is 2.55. The summed E-state index contributed by atoms with van der Waals surface area (Å²) in [5, 5.41) is 3.35. The molecule has 0 aliphatic rings. The number of nitrogens with one attached hydrogen (secondary N) is 1. The molecule has 0 saturated carbocycles. The van der Waals surface area contributed by atoms with Crippen LogP contribution in [-0.4, -0.2) is 13.1 Å². The van der Waals surface area contributed by atoms with Crippen molar-refractivity contribution in [1.82, 2.24) is 5.32 Å². The molecule has 11 heavy (non-hydrogen) atoms. The molecule has 0 aromatic heterocycles. The van der Waals surface area contributed by atoms with Crippen LogP contribution in [0, 0.1) is 0 Å². The Morgan fingerprint density at radius 1 is 1.36 bits per heavy atom. The smallest absolute Gasteiger partial charge is 0.00457 e. The fourth-order valence-electron chi connectivity index (χ4n) is 0.832. The van der Waals surface area contributed by atoms with Crippen molar-refractivity contribution in [3.05, 3.63) is 17.9 Å². The van der Waals surface area contributed by atoms with Gasteiger partial charge in [0, 0.05) is 0 Å². The van der Waals surface area contributed by atoms with E-state index in [-0.39, 0.29) is 0 Å². The zero-order chi connectivity index (χ0) is 8.36. The van der Waals surface area contributed by atoms with Crippen molar-refractivity contribution in [3.8, 4) is 0 Å². The average molecular weight is 153 g/mol. The van der Waals surface area contributed by atoms with E-state index in [1.807, 2.05) is 13.0 Å². The Kier molecular flexibility index (Phi) is 9.03. The molecule has 0 heterocycles. The molecule has 0 spiro atoms. The van der Waals surface area contributed by atoms with Gasteiger partial charge in [0.25, 0.3) is 0 Å². The zero-order valence-electron chi connectivity index (χ0n) is 7.69. The van der Waals surface area contributed by atoms with Crippen LogP contribution < -0.4 is 5.32 Å². The molecule has 0 bridgehead atoms. The monoisotopic (exact) mass is 153 g/mol. The second-order valence-corrected chi connectivity index (χ2v) is 2.55. The first-order valence-electron chi connectivity index (χ1n) is 4.48. The van der Waals surface area contributed by atoms with E-state index in [4.69, 9.17) is 0 Å². The van der Waals surface area contributed by atoms with Gasteiger partial charge in [-0.05, 0) is 51.4 Å². The molecule has 0 unspecified atom stereocenters. The lowest BCUT2D eigenvalue weighted by atomic mass is 10.3. The molecule has 0 atom stereocenters. The topological polar surface area (TPSA) is 12.0 Å². The van der Waals surface area contributed by atoms with Crippen molar-refractivity contribution in [2.45, 2.75) is 33.1 Å². The standard InChI is InChI=1S/C10H19N/c1-3-5-6-7-8-10-11-9-4-2/h3,6,11H,4,7-10H2,1-2H3. The summed E-state index contributed by atoms with van der Waals surface area (Å²) in [7, 11) is 0. The predicted octanol–water partition coefficient (Wildman–Crippen LogP) is 2.50. The molecule has 0 aromatic rings. The molecule has 0 aliphatic heterocycles. The van der Waals surface area contributed by atoms with Crippen molar-refractivity contribution < 1.29 is 0 Å². The maximum absolute atomic E-state index is 3.35. The van der Waals surface area contributed by atoms with E-state index >= 15 is 0 Å². The Morgan fingerprint density at radius 3 is 2.82 bits per heavy atom. The first-order chi connectivity index (χ1) is 5.41. The minimum Gasteiger partial charge on any atom is -0.317 e. The molecule has 0 radical (unpaired) electrons. The van der Waals surface area contributed by atoms with Crippen LogP contribution in [0.25, 0.3) is 0 Å². The van der Waals surface area contributed by atoms with Gasteiger partial charge in [0.15, 0.2) is 0 Å². The fourth-order valence-corrected chi connectivity index (χ4v) is 0.832. The maximum atomic E-state index is 3.35. The Labute approximate surface area is 70.2 Å². The van der Waals surface area contributed by atoms with Crippen LogP contribution in [0.5, 0.6) is 0 Å². The van der Waals surface area contributed by atoms with E-state index in [0.717, 1.165) is 19.5 Å². The van der Waals surface area contributed by atoms with Gasteiger partial charge >= 0.3 is 0 Å². The summed E-state index contributed by atoms with van der Waals surface area (Å²) in [6.07, 6.45) is 7.62. The quantitative estimate of drug-likeness (QED) is 0.456. The molecule has 1 nitrogen and oxygen atoms in total. The second kappa shape index (κ2) is 9.48. The fraction of sp³-hybridized carbons (Fsp3) is 0.700. The minimum absolute atomic E-state index is 1.13. The van der Waals surface area contributed by atoms with E-state index in [1.54, 1.807) is 0 Å². The molecule has 0 amide bonds. The molecular weight excluding hydrogens is 134 g/mol. The van der Waals surface area contributed by atoms with Crippen LogP contribution in [0.3, 0.4) is 0 Å². The summed E-state index contributed by atoms with van der Waals surface area (Å²) in [5.41, 5.74) is 3.06. The number of rotatable bonds is 6. The molecular formula is C10H19N. The van der Waals surface area contributed by atoms with Crippen LogP contribution in [0.15, 0.2) is 17.9 Å². The summed E-state index contributed by atoms with van der Waals surface area (Å²) in [6.45, 7) is 6.46.